The first-order valence-corrected chi connectivity index (χ1v) is 9.51. The zero-order valence-electron chi connectivity index (χ0n) is 16.9. The number of carbonyl (C=O) groups excluding carboxylic acids is 4. The molecule has 0 bridgehead atoms. The van der Waals surface area contributed by atoms with Crippen LogP contribution < -0.4 is 33.2 Å². The summed E-state index contributed by atoms with van der Waals surface area (Å²) in [7, 11) is 0. The van der Waals surface area contributed by atoms with Crippen LogP contribution in [0, 0.1) is 0 Å². The second-order valence-electron chi connectivity index (χ2n) is 6.80. The number of aliphatic carboxylic acids is 1. The highest BCUT2D eigenvalue weighted by atomic mass is 16.4. The molecule has 0 saturated heterocycles. The smallest absolute Gasteiger partial charge is 0.322 e. The van der Waals surface area contributed by atoms with Crippen molar-refractivity contribution in [1.29, 1.82) is 0 Å². The summed E-state index contributed by atoms with van der Waals surface area (Å²) in [6.45, 7) is 0.921. The average Bonchev–Trinajstić information content (AvgIpc) is 2.66. The van der Waals surface area contributed by atoms with Gasteiger partial charge in [0, 0.05) is 6.42 Å². The maximum absolute atomic E-state index is 12.6. The number of carboxylic acids is 1. The largest absolute Gasteiger partial charge is 0.480 e. The summed E-state index contributed by atoms with van der Waals surface area (Å²) >= 11 is 0. The Morgan fingerprint density at radius 3 is 2.10 bits per heavy atom. The lowest BCUT2D eigenvalue weighted by Gasteiger charge is -2.25. The fourth-order valence-corrected chi connectivity index (χ4v) is 2.40. The number of hydrogen-bond donors (Lipinski definition) is 8. The molecule has 0 rings (SSSR count). The number of nitrogens with two attached hydrogens (primary N) is 3. The maximum Gasteiger partial charge on any atom is 0.322 e. The molecule has 13 nitrogen and oxygen atoms in total. The first kappa shape index (κ1) is 27.2. The number of unbranched alkanes of at least 4 members (excludes halogenated alkanes) is 1. The second-order valence-corrected chi connectivity index (χ2v) is 6.80. The zero-order chi connectivity index (χ0) is 23.3. The number of primary amides is 1. The molecular formula is C17H32N6O7. The maximum atomic E-state index is 12.6. The van der Waals surface area contributed by atoms with E-state index in [-0.39, 0.29) is 19.3 Å². The zero-order valence-corrected chi connectivity index (χ0v) is 16.9. The Kier molecular flexibility index (Phi) is 12.9. The number of hydrogen-bond acceptors (Lipinski definition) is 8. The lowest BCUT2D eigenvalue weighted by molar-refractivity contribution is -0.139. The fraction of sp³-hybridized carbons (Fsp3) is 0.706. The van der Waals surface area contributed by atoms with E-state index < -0.39 is 60.4 Å². The lowest BCUT2D eigenvalue weighted by Crippen LogP contribution is -2.58. The van der Waals surface area contributed by atoms with Crippen molar-refractivity contribution in [1.82, 2.24) is 16.0 Å². The van der Waals surface area contributed by atoms with Crippen LogP contribution in [-0.4, -0.2) is 77.1 Å². The van der Waals surface area contributed by atoms with Gasteiger partial charge in [-0.3, -0.25) is 24.0 Å². The molecule has 0 aromatic carbocycles. The van der Waals surface area contributed by atoms with E-state index >= 15 is 0 Å². The molecule has 0 fully saturated rings. The molecule has 0 aliphatic heterocycles. The monoisotopic (exact) mass is 432 g/mol. The number of aliphatic hydroxyl groups excluding tert-OH is 1. The minimum atomic E-state index is -1.44. The predicted octanol–water partition coefficient (Wildman–Crippen LogP) is -3.74. The standard InChI is InChI=1S/C17H32N6O7/c1-9(24)14(17(30)21-8-13(26)27)23-16(29)11(4-2-3-7-18)22-15(28)10(19)5-6-12(20)25/h9-11,14,24H,2-8,18-19H2,1H3,(H2,20,25)(H,21,30)(H,22,28)(H,23,29)(H,26,27). The highest BCUT2D eigenvalue weighted by molar-refractivity contribution is 5.94. The van der Waals surface area contributed by atoms with Crippen LogP contribution in [0.3, 0.4) is 0 Å². The normalized spacial score (nSPS) is 14.7. The molecule has 0 saturated carbocycles. The molecule has 4 unspecified atom stereocenters. The Bertz CT molecular complexity index is 613. The summed E-state index contributed by atoms with van der Waals surface area (Å²) in [6.07, 6.45) is -0.206. The summed E-state index contributed by atoms with van der Waals surface area (Å²) in [5.41, 5.74) is 16.2. The van der Waals surface area contributed by atoms with Gasteiger partial charge in [0.1, 0.15) is 18.6 Å². The second kappa shape index (κ2) is 14.3. The van der Waals surface area contributed by atoms with Crippen LogP contribution in [0.2, 0.25) is 0 Å². The Morgan fingerprint density at radius 2 is 1.60 bits per heavy atom. The Hall–Kier alpha value is -2.77. The van der Waals surface area contributed by atoms with Crippen LogP contribution in [0.1, 0.15) is 39.0 Å². The van der Waals surface area contributed by atoms with Crippen molar-refractivity contribution < 1.29 is 34.2 Å². The van der Waals surface area contributed by atoms with Gasteiger partial charge in [-0.2, -0.15) is 0 Å². The van der Waals surface area contributed by atoms with Crippen LogP contribution in [0.25, 0.3) is 0 Å². The van der Waals surface area contributed by atoms with Crippen molar-refractivity contribution >= 4 is 29.6 Å². The quantitative estimate of drug-likeness (QED) is 0.118. The molecule has 0 aliphatic rings. The van der Waals surface area contributed by atoms with Crippen molar-refractivity contribution in [2.45, 2.75) is 63.3 Å². The minimum absolute atomic E-state index is 0.00774. The summed E-state index contributed by atoms with van der Waals surface area (Å²) < 4.78 is 0. The number of carbonyl (C=O) groups is 5. The molecule has 13 heteroatoms. The fourth-order valence-electron chi connectivity index (χ4n) is 2.40. The van der Waals surface area contributed by atoms with Gasteiger partial charge in [-0.25, -0.2) is 0 Å². The van der Waals surface area contributed by atoms with Gasteiger partial charge in [-0.15, -0.1) is 0 Å². The first-order chi connectivity index (χ1) is 14.0. The van der Waals surface area contributed by atoms with E-state index in [4.69, 9.17) is 22.3 Å². The first-order valence-electron chi connectivity index (χ1n) is 9.51. The highest BCUT2D eigenvalue weighted by Gasteiger charge is 2.30. The van der Waals surface area contributed by atoms with Crippen molar-refractivity contribution in [3.8, 4) is 0 Å². The molecule has 0 spiro atoms. The molecule has 0 aromatic heterocycles. The van der Waals surface area contributed by atoms with E-state index in [1.165, 1.54) is 6.92 Å². The minimum Gasteiger partial charge on any atom is -0.480 e. The summed E-state index contributed by atoms with van der Waals surface area (Å²) in [5.74, 6) is -4.27. The topological polar surface area (TPSA) is 240 Å². The van der Waals surface area contributed by atoms with Crippen molar-refractivity contribution in [2.75, 3.05) is 13.1 Å². The van der Waals surface area contributed by atoms with Gasteiger partial charge in [-0.05, 0) is 39.2 Å². The average molecular weight is 432 g/mol. The molecule has 4 amide bonds. The van der Waals surface area contributed by atoms with E-state index in [0.717, 1.165) is 0 Å². The molecule has 0 radical (unpaired) electrons. The Labute approximate surface area is 174 Å². The molecule has 11 N–H and O–H groups in total. The lowest BCUT2D eigenvalue weighted by atomic mass is 10.1. The molecule has 0 aliphatic carbocycles. The third-order valence-corrected chi connectivity index (χ3v) is 4.09. The SMILES string of the molecule is CC(O)C(NC(=O)C(CCCCN)NC(=O)C(N)CCC(N)=O)C(=O)NCC(=O)O. The van der Waals surface area contributed by atoms with Gasteiger partial charge >= 0.3 is 5.97 Å². The van der Waals surface area contributed by atoms with Crippen LogP contribution in [0.15, 0.2) is 0 Å². The van der Waals surface area contributed by atoms with E-state index in [2.05, 4.69) is 16.0 Å². The van der Waals surface area contributed by atoms with Gasteiger partial charge in [0.15, 0.2) is 0 Å². The van der Waals surface area contributed by atoms with E-state index in [0.29, 0.717) is 19.4 Å². The van der Waals surface area contributed by atoms with Crippen molar-refractivity contribution in [3.63, 3.8) is 0 Å². The Morgan fingerprint density at radius 1 is 0.967 bits per heavy atom. The van der Waals surface area contributed by atoms with Gasteiger partial charge in [-0.1, -0.05) is 0 Å². The van der Waals surface area contributed by atoms with Crippen LogP contribution in [0.5, 0.6) is 0 Å². The number of amides is 4. The third-order valence-electron chi connectivity index (χ3n) is 4.09. The van der Waals surface area contributed by atoms with Crippen LogP contribution in [-0.2, 0) is 24.0 Å². The van der Waals surface area contributed by atoms with Crippen LogP contribution >= 0.6 is 0 Å². The number of aliphatic hydroxyl groups is 1. The van der Waals surface area contributed by atoms with Crippen LogP contribution in [0.4, 0.5) is 0 Å². The summed E-state index contributed by atoms with van der Waals surface area (Å²) in [5, 5.41) is 25.3. The molecular weight excluding hydrogens is 400 g/mol. The van der Waals surface area contributed by atoms with Gasteiger partial charge in [0.2, 0.25) is 23.6 Å². The van der Waals surface area contributed by atoms with E-state index in [1.54, 1.807) is 0 Å². The number of rotatable bonds is 15. The van der Waals surface area contributed by atoms with Crippen molar-refractivity contribution in [2.24, 2.45) is 17.2 Å². The van der Waals surface area contributed by atoms with Crippen molar-refractivity contribution in [3.05, 3.63) is 0 Å². The molecule has 4 atom stereocenters. The third kappa shape index (κ3) is 11.3. The summed E-state index contributed by atoms with van der Waals surface area (Å²) in [4.78, 5) is 58.4. The molecule has 0 aromatic rings. The van der Waals surface area contributed by atoms with E-state index in [1.807, 2.05) is 0 Å². The highest BCUT2D eigenvalue weighted by Crippen LogP contribution is 2.05. The number of nitrogens with one attached hydrogen (secondary N) is 3. The predicted molar refractivity (Wildman–Crippen MR) is 105 cm³/mol. The molecule has 172 valence electrons. The Balaban J connectivity index is 5.15. The molecule has 0 heterocycles. The summed E-state index contributed by atoms with van der Waals surface area (Å²) in [6, 6.07) is -3.60. The van der Waals surface area contributed by atoms with Gasteiger partial charge in [0.05, 0.1) is 12.1 Å². The van der Waals surface area contributed by atoms with Gasteiger partial charge < -0.3 is 43.4 Å². The molecule has 30 heavy (non-hydrogen) atoms. The number of carboxylic acid groups (broad SMARTS) is 1. The van der Waals surface area contributed by atoms with E-state index in [9.17, 15) is 29.1 Å². The van der Waals surface area contributed by atoms with Gasteiger partial charge in [0.25, 0.3) is 0 Å².